The molecule has 29 heavy (non-hydrogen) atoms. The van der Waals surface area contributed by atoms with E-state index in [2.05, 4.69) is 10.5 Å². The number of hydrazone groups is 1. The zero-order valence-corrected chi connectivity index (χ0v) is 15.8. The summed E-state index contributed by atoms with van der Waals surface area (Å²) in [4.78, 5) is 17.6. The number of carbonyl (C=O) groups excluding carboxylic acids is 1. The number of benzene rings is 3. The number of halogens is 1. The largest absolute Gasteiger partial charge is 0.272 e. The van der Waals surface area contributed by atoms with E-state index >= 15 is 0 Å². The molecule has 1 aromatic heterocycles. The van der Waals surface area contributed by atoms with Crippen LogP contribution in [0, 0.1) is 12.7 Å². The van der Waals surface area contributed by atoms with Gasteiger partial charge in [-0.1, -0.05) is 54.6 Å². The molecule has 142 valence electrons. The van der Waals surface area contributed by atoms with Gasteiger partial charge in [-0.25, -0.2) is 14.8 Å². The summed E-state index contributed by atoms with van der Waals surface area (Å²) in [6.07, 6.45) is 1.48. The van der Waals surface area contributed by atoms with Crippen LogP contribution in [0.5, 0.6) is 0 Å². The lowest BCUT2D eigenvalue weighted by atomic mass is 10.0. The van der Waals surface area contributed by atoms with Crippen molar-refractivity contribution in [3.05, 3.63) is 101 Å². The van der Waals surface area contributed by atoms with Crippen molar-refractivity contribution in [2.24, 2.45) is 5.10 Å². The van der Waals surface area contributed by atoms with E-state index in [4.69, 9.17) is 4.98 Å². The first-order valence-electron chi connectivity index (χ1n) is 9.16. The highest BCUT2D eigenvalue weighted by Gasteiger charge is 2.14. The molecule has 5 heteroatoms. The van der Waals surface area contributed by atoms with Crippen LogP contribution in [0.25, 0.3) is 22.2 Å². The Balaban J connectivity index is 1.69. The number of aryl methyl sites for hydroxylation is 1. The number of fused-ring (bicyclic) bond motifs is 1. The van der Waals surface area contributed by atoms with Gasteiger partial charge in [0.05, 0.1) is 23.0 Å². The fraction of sp³-hybridized carbons (Fsp3) is 0.0417. The van der Waals surface area contributed by atoms with Crippen LogP contribution in [-0.4, -0.2) is 17.1 Å². The summed E-state index contributed by atoms with van der Waals surface area (Å²) in [5, 5.41) is 4.76. The van der Waals surface area contributed by atoms with E-state index in [0.29, 0.717) is 11.1 Å². The van der Waals surface area contributed by atoms with E-state index in [0.717, 1.165) is 27.7 Å². The Morgan fingerprint density at radius 1 is 1.00 bits per heavy atom. The van der Waals surface area contributed by atoms with Crippen molar-refractivity contribution in [3.8, 4) is 11.3 Å². The molecule has 0 bridgehead atoms. The van der Waals surface area contributed by atoms with Crippen LogP contribution in [0.2, 0.25) is 0 Å². The summed E-state index contributed by atoms with van der Waals surface area (Å²) < 4.78 is 13.0. The first-order valence-corrected chi connectivity index (χ1v) is 9.16. The molecule has 0 saturated carbocycles. The number of nitrogens with one attached hydrogen (secondary N) is 1. The number of hydrogen-bond donors (Lipinski definition) is 1. The molecule has 0 unspecified atom stereocenters. The quantitative estimate of drug-likeness (QED) is 0.393. The van der Waals surface area contributed by atoms with Crippen molar-refractivity contribution in [1.29, 1.82) is 0 Å². The molecule has 3 aromatic carbocycles. The molecule has 0 aliphatic rings. The summed E-state index contributed by atoms with van der Waals surface area (Å²) in [6.45, 7) is 2.01. The summed E-state index contributed by atoms with van der Waals surface area (Å²) in [5.41, 5.74) is 7.26. The second-order valence-electron chi connectivity index (χ2n) is 6.64. The highest BCUT2D eigenvalue weighted by atomic mass is 19.1. The number of amides is 1. The minimum absolute atomic E-state index is 0.321. The summed E-state index contributed by atoms with van der Waals surface area (Å²) in [5.74, 6) is -0.657. The standard InChI is InChI=1S/C24H18FN3O/c1-16-6-2-3-7-19(16)23-14-21(20-8-4-5-9-22(20)27-23)24(29)28-26-15-17-10-12-18(25)13-11-17/h2-15H,1H3,(H,28,29)/b26-15+. The van der Waals surface area contributed by atoms with Crippen LogP contribution in [0.4, 0.5) is 4.39 Å². The van der Waals surface area contributed by atoms with Crippen LogP contribution in [0.1, 0.15) is 21.5 Å². The van der Waals surface area contributed by atoms with Gasteiger partial charge in [0.15, 0.2) is 0 Å². The lowest BCUT2D eigenvalue weighted by molar-refractivity contribution is 0.0956. The van der Waals surface area contributed by atoms with Gasteiger partial charge in [0.2, 0.25) is 0 Å². The van der Waals surface area contributed by atoms with Gasteiger partial charge in [-0.15, -0.1) is 0 Å². The van der Waals surface area contributed by atoms with E-state index in [-0.39, 0.29) is 11.7 Å². The number of aromatic nitrogens is 1. The summed E-state index contributed by atoms with van der Waals surface area (Å²) >= 11 is 0. The molecule has 0 saturated heterocycles. The van der Waals surface area contributed by atoms with Crippen molar-refractivity contribution in [2.75, 3.05) is 0 Å². The fourth-order valence-electron chi connectivity index (χ4n) is 3.14. The maximum Gasteiger partial charge on any atom is 0.272 e. The lowest BCUT2D eigenvalue weighted by Gasteiger charge is -2.10. The second kappa shape index (κ2) is 8.02. The lowest BCUT2D eigenvalue weighted by Crippen LogP contribution is -2.18. The van der Waals surface area contributed by atoms with Gasteiger partial charge in [-0.3, -0.25) is 4.79 Å². The van der Waals surface area contributed by atoms with E-state index in [9.17, 15) is 9.18 Å². The maximum absolute atomic E-state index is 13.0. The first-order chi connectivity index (χ1) is 14.1. The molecule has 0 aliphatic carbocycles. The predicted octanol–water partition coefficient (Wildman–Crippen LogP) is 5.11. The van der Waals surface area contributed by atoms with Gasteiger partial charge in [0, 0.05) is 10.9 Å². The van der Waals surface area contributed by atoms with Gasteiger partial charge in [0.25, 0.3) is 5.91 Å². The molecule has 0 radical (unpaired) electrons. The molecule has 4 aromatic rings. The number of hydrogen-bond acceptors (Lipinski definition) is 3. The monoisotopic (exact) mass is 383 g/mol. The van der Waals surface area contributed by atoms with Crippen molar-refractivity contribution in [3.63, 3.8) is 0 Å². The van der Waals surface area contributed by atoms with E-state index in [1.54, 1.807) is 18.2 Å². The van der Waals surface area contributed by atoms with Crippen LogP contribution in [0.3, 0.4) is 0 Å². The van der Waals surface area contributed by atoms with Crippen LogP contribution < -0.4 is 5.43 Å². The molecular formula is C24H18FN3O. The summed E-state index contributed by atoms with van der Waals surface area (Å²) in [6, 6.07) is 23.1. The predicted molar refractivity (Wildman–Crippen MR) is 113 cm³/mol. The van der Waals surface area contributed by atoms with Crippen LogP contribution >= 0.6 is 0 Å². The Morgan fingerprint density at radius 2 is 1.72 bits per heavy atom. The summed E-state index contributed by atoms with van der Waals surface area (Å²) in [7, 11) is 0. The van der Waals surface area contributed by atoms with Crippen molar-refractivity contribution in [1.82, 2.24) is 10.4 Å². The zero-order valence-electron chi connectivity index (χ0n) is 15.8. The highest BCUT2D eigenvalue weighted by molar-refractivity contribution is 6.07. The minimum atomic E-state index is -0.336. The second-order valence-corrected chi connectivity index (χ2v) is 6.64. The molecule has 1 amide bonds. The van der Waals surface area contributed by atoms with Crippen molar-refractivity contribution < 1.29 is 9.18 Å². The number of carbonyl (C=O) groups is 1. The molecule has 1 heterocycles. The Morgan fingerprint density at radius 3 is 2.52 bits per heavy atom. The fourth-order valence-corrected chi connectivity index (χ4v) is 3.14. The molecule has 1 N–H and O–H groups in total. The number of para-hydroxylation sites is 1. The third-order valence-corrected chi connectivity index (χ3v) is 4.63. The molecule has 4 rings (SSSR count). The van der Waals surface area contributed by atoms with Gasteiger partial charge in [-0.05, 0) is 42.3 Å². The minimum Gasteiger partial charge on any atom is -0.267 e. The SMILES string of the molecule is Cc1ccccc1-c1cc(C(=O)N/N=C/c2ccc(F)cc2)c2ccccc2n1. The number of nitrogens with zero attached hydrogens (tertiary/aromatic N) is 2. The maximum atomic E-state index is 13.0. The highest BCUT2D eigenvalue weighted by Crippen LogP contribution is 2.26. The topological polar surface area (TPSA) is 54.4 Å². The Bertz CT molecular complexity index is 1220. The number of pyridine rings is 1. The Hall–Kier alpha value is -3.86. The van der Waals surface area contributed by atoms with Gasteiger partial charge in [-0.2, -0.15) is 5.10 Å². The zero-order chi connectivity index (χ0) is 20.2. The molecule has 0 aliphatic heterocycles. The molecular weight excluding hydrogens is 365 g/mol. The smallest absolute Gasteiger partial charge is 0.267 e. The van der Waals surface area contributed by atoms with Gasteiger partial charge >= 0.3 is 0 Å². The first kappa shape index (κ1) is 18.5. The van der Waals surface area contributed by atoms with Gasteiger partial charge < -0.3 is 0 Å². The average Bonchev–Trinajstić information content (AvgIpc) is 2.74. The molecule has 0 atom stereocenters. The van der Waals surface area contributed by atoms with E-state index < -0.39 is 0 Å². The van der Waals surface area contributed by atoms with E-state index in [1.807, 2.05) is 55.5 Å². The third kappa shape index (κ3) is 4.04. The average molecular weight is 383 g/mol. The van der Waals surface area contributed by atoms with Crippen LogP contribution in [0.15, 0.2) is 84.0 Å². The molecule has 0 spiro atoms. The molecule has 4 nitrogen and oxygen atoms in total. The molecule has 0 fully saturated rings. The number of rotatable bonds is 4. The van der Waals surface area contributed by atoms with Crippen molar-refractivity contribution in [2.45, 2.75) is 6.92 Å². The Labute approximate surface area is 167 Å². The normalized spacial score (nSPS) is 11.1. The van der Waals surface area contributed by atoms with Crippen LogP contribution in [-0.2, 0) is 0 Å². The van der Waals surface area contributed by atoms with Gasteiger partial charge in [0.1, 0.15) is 5.82 Å². The third-order valence-electron chi connectivity index (χ3n) is 4.63. The van der Waals surface area contributed by atoms with E-state index in [1.165, 1.54) is 18.3 Å². The Kier molecular flexibility index (Phi) is 5.12. The van der Waals surface area contributed by atoms with Crippen molar-refractivity contribution >= 4 is 23.0 Å².